The molecule has 4 rings (SSSR count). The van der Waals surface area contributed by atoms with Crippen molar-refractivity contribution in [3.05, 3.63) is 66.6 Å². The molecule has 1 aliphatic rings. The third-order valence-corrected chi connectivity index (χ3v) is 5.69. The van der Waals surface area contributed by atoms with Gasteiger partial charge in [0.2, 0.25) is 5.91 Å². The number of carbonyl (C=O) groups is 1. The van der Waals surface area contributed by atoms with Gasteiger partial charge in [-0.05, 0) is 37.1 Å². The highest BCUT2D eigenvalue weighted by Crippen LogP contribution is 2.23. The first-order valence-electron chi connectivity index (χ1n) is 9.53. The number of rotatable bonds is 8. The number of benzene rings is 1. The summed E-state index contributed by atoms with van der Waals surface area (Å²) in [4.78, 5) is 12.1. The fraction of sp³-hybridized carbons (Fsp3) is 0.333. The van der Waals surface area contributed by atoms with E-state index in [1.165, 1.54) is 0 Å². The lowest BCUT2D eigenvalue weighted by Crippen LogP contribution is -2.32. The largest absolute Gasteiger partial charge is 0.376 e. The molecular formula is C21H24N4O2S. The molecule has 3 heterocycles. The monoisotopic (exact) mass is 396 g/mol. The van der Waals surface area contributed by atoms with Gasteiger partial charge in [0.05, 0.1) is 23.7 Å². The number of para-hydroxylation sites is 1. The summed E-state index contributed by atoms with van der Waals surface area (Å²) in [5, 5.41) is 7.57. The minimum Gasteiger partial charge on any atom is -0.376 e. The average Bonchev–Trinajstić information content (AvgIpc) is 3.48. The van der Waals surface area contributed by atoms with Crippen molar-refractivity contribution < 1.29 is 9.53 Å². The molecule has 0 unspecified atom stereocenters. The van der Waals surface area contributed by atoms with Crippen molar-refractivity contribution in [1.29, 1.82) is 0 Å². The maximum Gasteiger partial charge on any atom is 0.230 e. The second kappa shape index (κ2) is 9.12. The van der Waals surface area contributed by atoms with Crippen LogP contribution in [0.5, 0.6) is 0 Å². The Labute approximate surface area is 168 Å². The van der Waals surface area contributed by atoms with E-state index in [1.807, 2.05) is 65.7 Å². The van der Waals surface area contributed by atoms with Gasteiger partial charge in [0.1, 0.15) is 5.82 Å². The van der Waals surface area contributed by atoms with Gasteiger partial charge in [-0.15, -0.1) is 11.8 Å². The van der Waals surface area contributed by atoms with Crippen LogP contribution in [0.4, 0.5) is 0 Å². The highest BCUT2D eigenvalue weighted by Gasteiger charge is 2.17. The van der Waals surface area contributed by atoms with E-state index in [0.717, 1.165) is 36.5 Å². The minimum absolute atomic E-state index is 0.0541. The molecule has 1 aromatic carbocycles. The third kappa shape index (κ3) is 4.48. The topological polar surface area (TPSA) is 61.1 Å². The number of aromatic nitrogens is 3. The highest BCUT2D eigenvalue weighted by atomic mass is 32.2. The second-order valence-electron chi connectivity index (χ2n) is 6.76. The molecule has 1 aliphatic heterocycles. The molecule has 0 spiro atoms. The van der Waals surface area contributed by atoms with Crippen LogP contribution < -0.4 is 5.32 Å². The maximum absolute atomic E-state index is 12.1. The van der Waals surface area contributed by atoms with E-state index in [4.69, 9.17) is 4.74 Å². The van der Waals surface area contributed by atoms with Gasteiger partial charge in [-0.25, -0.2) is 4.68 Å². The molecule has 0 saturated carbocycles. The van der Waals surface area contributed by atoms with Gasteiger partial charge < -0.3 is 14.6 Å². The summed E-state index contributed by atoms with van der Waals surface area (Å²) in [5.41, 5.74) is 2.11. The molecule has 2 aromatic heterocycles. The van der Waals surface area contributed by atoms with Crippen LogP contribution in [-0.2, 0) is 15.3 Å². The molecule has 6 nitrogen and oxygen atoms in total. The molecule has 1 fully saturated rings. The predicted octanol–water partition coefficient (Wildman–Crippen LogP) is 3.19. The van der Waals surface area contributed by atoms with Gasteiger partial charge in [0.15, 0.2) is 0 Å². The molecular weight excluding hydrogens is 372 g/mol. The molecule has 0 aliphatic carbocycles. The zero-order valence-corrected chi connectivity index (χ0v) is 16.5. The van der Waals surface area contributed by atoms with Gasteiger partial charge in [-0.3, -0.25) is 4.79 Å². The maximum atomic E-state index is 12.1. The number of hydrogen-bond donors (Lipinski definition) is 1. The molecule has 146 valence electrons. The summed E-state index contributed by atoms with van der Waals surface area (Å²) >= 11 is 1.60. The first-order valence-corrected chi connectivity index (χ1v) is 10.7. The SMILES string of the molecule is O=C(CSCc1cnn(-c2ccccc2)c1-n1cccc1)NC[C@@H]1CCCO1. The molecule has 1 atom stereocenters. The standard InChI is InChI=1S/C21H24N4O2S/c26-20(22-14-19-9-6-12-27-19)16-28-15-17-13-23-25(18-7-2-1-3-8-18)21(17)24-10-4-5-11-24/h1-5,7-8,10-11,13,19H,6,9,12,14-16H2,(H,22,26)/t19-/m0/s1. The Bertz CT molecular complexity index is 887. The summed E-state index contributed by atoms with van der Waals surface area (Å²) in [6.07, 6.45) is 8.21. The Morgan fingerprint density at radius 1 is 1.21 bits per heavy atom. The van der Waals surface area contributed by atoms with E-state index in [0.29, 0.717) is 18.1 Å². The van der Waals surface area contributed by atoms with Crippen LogP contribution in [0.15, 0.2) is 61.1 Å². The Kier molecular flexibility index (Phi) is 6.14. The van der Waals surface area contributed by atoms with Gasteiger partial charge in [-0.1, -0.05) is 18.2 Å². The normalized spacial score (nSPS) is 16.4. The van der Waals surface area contributed by atoms with E-state index in [-0.39, 0.29) is 12.0 Å². The van der Waals surface area contributed by atoms with Crippen molar-refractivity contribution in [3.63, 3.8) is 0 Å². The Morgan fingerprint density at radius 2 is 2.04 bits per heavy atom. The fourth-order valence-corrected chi connectivity index (χ4v) is 4.14. The smallest absolute Gasteiger partial charge is 0.230 e. The Morgan fingerprint density at radius 3 is 2.79 bits per heavy atom. The van der Waals surface area contributed by atoms with Crippen molar-refractivity contribution in [2.75, 3.05) is 18.9 Å². The molecule has 1 saturated heterocycles. The Hall–Kier alpha value is -2.51. The van der Waals surface area contributed by atoms with Crippen LogP contribution in [0.3, 0.4) is 0 Å². The van der Waals surface area contributed by atoms with Crippen molar-refractivity contribution in [1.82, 2.24) is 19.7 Å². The fourth-order valence-electron chi connectivity index (χ4n) is 3.32. The second-order valence-corrected chi connectivity index (χ2v) is 7.75. The zero-order valence-electron chi connectivity index (χ0n) is 15.7. The number of ether oxygens (including phenoxy) is 1. The third-order valence-electron chi connectivity index (χ3n) is 4.71. The number of carbonyl (C=O) groups excluding carboxylic acids is 1. The number of thioether (sulfide) groups is 1. The van der Waals surface area contributed by atoms with Gasteiger partial charge in [-0.2, -0.15) is 5.10 Å². The van der Waals surface area contributed by atoms with E-state index < -0.39 is 0 Å². The van der Waals surface area contributed by atoms with Crippen molar-refractivity contribution in [2.45, 2.75) is 24.7 Å². The predicted molar refractivity (Wildman–Crippen MR) is 111 cm³/mol. The summed E-state index contributed by atoms with van der Waals surface area (Å²) in [5.74, 6) is 2.20. The first-order chi connectivity index (χ1) is 13.8. The average molecular weight is 397 g/mol. The van der Waals surface area contributed by atoms with Crippen LogP contribution in [0.25, 0.3) is 11.5 Å². The zero-order chi connectivity index (χ0) is 19.2. The van der Waals surface area contributed by atoms with Crippen LogP contribution in [0.2, 0.25) is 0 Å². The van der Waals surface area contributed by atoms with Crippen LogP contribution >= 0.6 is 11.8 Å². The van der Waals surface area contributed by atoms with Crippen molar-refractivity contribution in [2.24, 2.45) is 0 Å². The summed E-state index contributed by atoms with van der Waals surface area (Å²) in [6.45, 7) is 1.42. The van der Waals surface area contributed by atoms with Crippen LogP contribution in [0.1, 0.15) is 18.4 Å². The lowest BCUT2D eigenvalue weighted by atomic mass is 10.2. The molecule has 0 radical (unpaired) electrons. The summed E-state index contributed by atoms with van der Waals surface area (Å²) < 4.78 is 9.54. The van der Waals surface area contributed by atoms with Gasteiger partial charge in [0.25, 0.3) is 0 Å². The summed E-state index contributed by atoms with van der Waals surface area (Å²) in [7, 11) is 0. The molecule has 0 bridgehead atoms. The van der Waals surface area contributed by atoms with Gasteiger partial charge in [0, 0.05) is 36.9 Å². The minimum atomic E-state index is 0.0541. The number of nitrogens with zero attached hydrogens (tertiary/aromatic N) is 3. The number of hydrogen-bond acceptors (Lipinski definition) is 4. The highest BCUT2D eigenvalue weighted by molar-refractivity contribution is 7.99. The molecule has 1 N–H and O–H groups in total. The van der Waals surface area contributed by atoms with Crippen molar-refractivity contribution >= 4 is 17.7 Å². The molecule has 1 amide bonds. The van der Waals surface area contributed by atoms with Gasteiger partial charge >= 0.3 is 0 Å². The summed E-state index contributed by atoms with van der Waals surface area (Å²) in [6, 6.07) is 14.1. The van der Waals surface area contributed by atoms with Crippen molar-refractivity contribution in [3.8, 4) is 11.5 Å². The first kappa shape index (κ1) is 18.8. The molecule has 3 aromatic rings. The number of nitrogens with one attached hydrogen (secondary N) is 1. The lowest BCUT2D eigenvalue weighted by Gasteiger charge is -2.12. The van der Waals surface area contributed by atoms with Crippen LogP contribution in [-0.4, -0.2) is 45.3 Å². The molecule has 7 heteroatoms. The quantitative estimate of drug-likeness (QED) is 0.635. The van der Waals surface area contributed by atoms with E-state index in [9.17, 15) is 4.79 Å². The molecule has 28 heavy (non-hydrogen) atoms. The Balaban J connectivity index is 1.40. The van der Waals surface area contributed by atoms with Crippen LogP contribution in [0, 0.1) is 0 Å². The lowest BCUT2D eigenvalue weighted by molar-refractivity contribution is -0.119. The van der Waals surface area contributed by atoms with E-state index in [1.54, 1.807) is 11.8 Å². The number of amides is 1. The van der Waals surface area contributed by atoms with E-state index >= 15 is 0 Å². The van der Waals surface area contributed by atoms with E-state index in [2.05, 4.69) is 15.0 Å².